The molecular formula is C22H20BrN3O2S. The van der Waals surface area contributed by atoms with Gasteiger partial charge in [0.05, 0.1) is 11.1 Å². The van der Waals surface area contributed by atoms with Crippen molar-refractivity contribution >= 4 is 38.3 Å². The molecule has 0 atom stereocenters. The lowest BCUT2D eigenvalue weighted by atomic mass is 10.2. The van der Waals surface area contributed by atoms with Gasteiger partial charge in [-0.15, -0.1) is 5.10 Å². The van der Waals surface area contributed by atoms with Crippen LogP contribution in [-0.2, 0) is 0 Å². The highest BCUT2D eigenvalue weighted by Gasteiger charge is 2.12. The van der Waals surface area contributed by atoms with E-state index < -0.39 is 0 Å². The van der Waals surface area contributed by atoms with Crippen molar-refractivity contribution in [2.24, 2.45) is 0 Å². The summed E-state index contributed by atoms with van der Waals surface area (Å²) in [6.45, 7) is 2.84. The Morgan fingerprint density at radius 1 is 1.14 bits per heavy atom. The van der Waals surface area contributed by atoms with Crippen LogP contribution in [0.25, 0.3) is 22.4 Å². The second kappa shape index (κ2) is 8.88. The number of para-hydroxylation sites is 1. The van der Waals surface area contributed by atoms with E-state index in [4.69, 9.17) is 4.74 Å². The van der Waals surface area contributed by atoms with Crippen LogP contribution in [0.2, 0.25) is 0 Å². The first-order chi connectivity index (χ1) is 14.2. The maximum absolute atomic E-state index is 12.8. The third-order valence-corrected chi connectivity index (χ3v) is 5.98. The fourth-order valence-electron chi connectivity index (χ4n) is 2.96. The molecule has 0 aliphatic carbocycles. The standard InChI is InChI=1S/C22H20BrN3O2S/c1-2-3-6-13-28-18-8-5-4-7-16(18)14-19-21(27)26-22(29-19)24-20(25-26)15-9-11-17(23)12-10-15/h4-5,7-12,14H,2-3,6,13H2,1H3. The summed E-state index contributed by atoms with van der Waals surface area (Å²) in [6.07, 6.45) is 5.18. The maximum atomic E-state index is 12.8. The Bertz CT molecular complexity index is 1230. The van der Waals surface area contributed by atoms with Gasteiger partial charge in [-0.1, -0.05) is 77.4 Å². The fourth-order valence-corrected chi connectivity index (χ4v) is 4.12. The van der Waals surface area contributed by atoms with Gasteiger partial charge >= 0.3 is 0 Å². The van der Waals surface area contributed by atoms with Gasteiger partial charge in [-0.05, 0) is 30.7 Å². The van der Waals surface area contributed by atoms with Gasteiger partial charge < -0.3 is 4.74 Å². The average Bonchev–Trinajstić information content (AvgIpc) is 3.27. The van der Waals surface area contributed by atoms with Gasteiger partial charge in [-0.3, -0.25) is 4.79 Å². The number of aromatic nitrogens is 3. The molecule has 0 bridgehead atoms. The number of nitrogens with zero attached hydrogens (tertiary/aromatic N) is 3. The fraction of sp³-hybridized carbons (Fsp3) is 0.227. The molecule has 2 heterocycles. The summed E-state index contributed by atoms with van der Waals surface area (Å²) in [4.78, 5) is 17.9. The van der Waals surface area contributed by atoms with Gasteiger partial charge in [-0.2, -0.15) is 9.50 Å². The lowest BCUT2D eigenvalue weighted by Crippen LogP contribution is -2.23. The first kappa shape index (κ1) is 19.8. The highest BCUT2D eigenvalue weighted by molar-refractivity contribution is 9.10. The molecule has 29 heavy (non-hydrogen) atoms. The Morgan fingerprint density at radius 2 is 1.93 bits per heavy atom. The third kappa shape index (κ3) is 4.41. The highest BCUT2D eigenvalue weighted by Crippen LogP contribution is 2.21. The van der Waals surface area contributed by atoms with Crippen LogP contribution < -0.4 is 14.8 Å². The first-order valence-corrected chi connectivity index (χ1v) is 11.2. The van der Waals surface area contributed by atoms with Crippen LogP contribution in [0.15, 0.2) is 57.8 Å². The predicted molar refractivity (Wildman–Crippen MR) is 121 cm³/mol. The number of rotatable bonds is 7. The molecular weight excluding hydrogens is 450 g/mol. The van der Waals surface area contributed by atoms with Gasteiger partial charge in [0, 0.05) is 15.6 Å². The number of hydrogen-bond donors (Lipinski definition) is 0. The molecule has 0 aliphatic rings. The Hall–Kier alpha value is -2.51. The quantitative estimate of drug-likeness (QED) is 0.368. The molecule has 0 saturated carbocycles. The summed E-state index contributed by atoms with van der Waals surface area (Å²) >= 11 is 4.75. The average molecular weight is 470 g/mol. The van der Waals surface area contributed by atoms with Crippen molar-refractivity contribution in [2.45, 2.75) is 26.2 Å². The van der Waals surface area contributed by atoms with Gasteiger partial charge in [0.2, 0.25) is 4.96 Å². The number of halogens is 1. The lowest BCUT2D eigenvalue weighted by Gasteiger charge is -2.08. The van der Waals surface area contributed by atoms with Crippen LogP contribution in [0.4, 0.5) is 0 Å². The van der Waals surface area contributed by atoms with Crippen molar-refractivity contribution in [2.75, 3.05) is 6.61 Å². The van der Waals surface area contributed by atoms with E-state index in [0.717, 1.165) is 40.6 Å². The van der Waals surface area contributed by atoms with Crippen molar-refractivity contribution in [3.63, 3.8) is 0 Å². The second-order valence-electron chi connectivity index (χ2n) is 6.65. The number of unbranched alkanes of at least 4 members (excludes halogenated alkanes) is 2. The van der Waals surface area contributed by atoms with E-state index >= 15 is 0 Å². The third-order valence-electron chi connectivity index (χ3n) is 4.50. The van der Waals surface area contributed by atoms with Crippen molar-refractivity contribution < 1.29 is 4.74 Å². The smallest absolute Gasteiger partial charge is 0.291 e. The molecule has 7 heteroatoms. The van der Waals surface area contributed by atoms with Gasteiger partial charge in [0.1, 0.15) is 5.75 Å². The monoisotopic (exact) mass is 469 g/mol. The van der Waals surface area contributed by atoms with Crippen molar-refractivity contribution in [1.29, 1.82) is 0 Å². The van der Waals surface area contributed by atoms with Crippen LogP contribution in [0.3, 0.4) is 0 Å². The molecule has 0 unspecified atom stereocenters. The number of benzene rings is 2. The van der Waals surface area contributed by atoms with E-state index in [-0.39, 0.29) is 5.56 Å². The Morgan fingerprint density at radius 3 is 2.69 bits per heavy atom. The minimum atomic E-state index is -0.165. The molecule has 2 aromatic heterocycles. The highest BCUT2D eigenvalue weighted by atomic mass is 79.9. The zero-order valence-corrected chi connectivity index (χ0v) is 18.4. The van der Waals surface area contributed by atoms with Crippen LogP contribution >= 0.6 is 27.3 Å². The largest absolute Gasteiger partial charge is 0.493 e. The van der Waals surface area contributed by atoms with Crippen molar-refractivity contribution in [1.82, 2.24) is 14.6 Å². The molecule has 0 spiro atoms. The van der Waals surface area contributed by atoms with Crippen LogP contribution in [0.1, 0.15) is 31.7 Å². The van der Waals surface area contributed by atoms with E-state index in [9.17, 15) is 4.79 Å². The minimum absolute atomic E-state index is 0.165. The van der Waals surface area contributed by atoms with E-state index in [1.54, 1.807) is 0 Å². The van der Waals surface area contributed by atoms with Crippen LogP contribution in [0.5, 0.6) is 5.75 Å². The van der Waals surface area contributed by atoms with E-state index in [0.29, 0.717) is 21.9 Å². The zero-order valence-electron chi connectivity index (χ0n) is 16.0. The molecule has 148 valence electrons. The summed E-state index contributed by atoms with van der Waals surface area (Å²) in [7, 11) is 0. The van der Waals surface area contributed by atoms with E-state index in [2.05, 4.69) is 32.9 Å². The molecule has 0 fully saturated rings. The van der Waals surface area contributed by atoms with Crippen LogP contribution in [-0.4, -0.2) is 21.2 Å². The number of thiazole rings is 1. The Labute approximate surface area is 180 Å². The van der Waals surface area contributed by atoms with Gasteiger partial charge in [0.25, 0.3) is 5.56 Å². The maximum Gasteiger partial charge on any atom is 0.291 e. The lowest BCUT2D eigenvalue weighted by molar-refractivity contribution is 0.305. The normalized spacial score (nSPS) is 12.0. The molecule has 0 aliphatic heterocycles. The van der Waals surface area contributed by atoms with Crippen molar-refractivity contribution in [3.05, 3.63) is 73.5 Å². The topological polar surface area (TPSA) is 56.5 Å². The molecule has 0 radical (unpaired) electrons. The summed E-state index contributed by atoms with van der Waals surface area (Å²) in [5.41, 5.74) is 1.60. The minimum Gasteiger partial charge on any atom is -0.493 e. The molecule has 4 aromatic rings. The second-order valence-corrected chi connectivity index (χ2v) is 8.57. The van der Waals surface area contributed by atoms with Gasteiger partial charge in [-0.25, -0.2) is 0 Å². The summed E-state index contributed by atoms with van der Waals surface area (Å²) in [5.74, 6) is 1.34. The Balaban J connectivity index is 1.66. The summed E-state index contributed by atoms with van der Waals surface area (Å²) in [6, 6.07) is 15.5. The SMILES string of the molecule is CCCCCOc1ccccc1C=c1sc2nc(-c3ccc(Br)cc3)nn2c1=O. The zero-order chi connectivity index (χ0) is 20.2. The Kier molecular flexibility index (Phi) is 6.06. The molecule has 4 rings (SSSR count). The first-order valence-electron chi connectivity index (χ1n) is 9.55. The molecule has 0 N–H and O–H groups in total. The summed E-state index contributed by atoms with van der Waals surface area (Å²) < 4.78 is 8.87. The number of hydrogen-bond acceptors (Lipinski definition) is 5. The predicted octanol–water partition coefficient (Wildman–Crippen LogP) is 4.70. The van der Waals surface area contributed by atoms with E-state index in [1.807, 2.05) is 54.6 Å². The van der Waals surface area contributed by atoms with E-state index in [1.165, 1.54) is 15.9 Å². The van der Waals surface area contributed by atoms with Gasteiger partial charge in [0.15, 0.2) is 5.82 Å². The molecule has 2 aromatic carbocycles. The summed E-state index contributed by atoms with van der Waals surface area (Å²) in [5, 5.41) is 4.40. The molecule has 0 saturated heterocycles. The van der Waals surface area contributed by atoms with Crippen LogP contribution in [0, 0.1) is 0 Å². The number of ether oxygens (including phenoxy) is 1. The van der Waals surface area contributed by atoms with Crippen molar-refractivity contribution in [3.8, 4) is 17.1 Å². The molecule has 0 amide bonds. The number of fused-ring (bicyclic) bond motifs is 1. The molecule has 5 nitrogen and oxygen atoms in total.